The second-order valence-corrected chi connectivity index (χ2v) is 6.04. The Labute approximate surface area is 152 Å². The van der Waals surface area contributed by atoms with E-state index in [1.165, 1.54) is 18.2 Å². The van der Waals surface area contributed by atoms with Gasteiger partial charge >= 0.3 is 5.97 Å². The molecule has 2 aromatic carbocycles. The number of anilines is 1. The van der Waals surface area contributed by atoms with Crippen molar-refractivity contribution >= 4 is 29.2 Å². The molecule has 0 fully saturated rings. The van der Waals surface area contributed by atoms with Crippen molar-refractivity contribution in [3.8, 4) is 0 Å². The molecule has 1 atom stereocenters. The van der Waals surface area contributed by atoms with Gasteiger partial charge in [0, 0.05) is 0 Å². The molecule has 0 radical (unpaired) electrons. The molecule has 0 aromatic heterocycles. The number of nitrogen functional groups attached to an aromatic ring is 1. The van der Waals surface area contributed by atoms with Crippen LogP contribution < -0.4 is 11.1 Å². The lowest BCUT2D eigenvalue weighted by Crippen LogP contribution is -2.32. The van der Waals surface area contributed by atoms with E-state index in [0.29, 0.717) is 5.02 Å². The Balaban J connectivity index is 1.92. The third kappa shape index (κ3) is 5.50. The fraction of sp³-hybridized carbons (Fsp3) is 0.263. The van der Waals surface area contributed by atoms with Gasteiger partial charge in [0.05, 0.1) is 22.3 Å². The molecule has 0 saturated heterocycles. The second-order valence-electron chi connectivity index (χ2n) is 5.63. The molecule has 0 aliphatic carbocycles. The van der Waals surface area contributed by atoms with Crippen LogP contribution in [0.2, 0.25) is 5.02 Å². The van der Waals surface area contributed by atoms with E-state index in [-0.39, 0.29) is 29.8 Å². The minimum absolute atomic E-state index is 0.108. The van der Waals surface area contributed by atoms with Gasteiger partial charge in [-0.2, -0.15) is 0 Å². The number of carbonyl (C=O) groups is 2. The maximum atomic E-state index is 12.1. The van der Waals surface area contributed by atoms with Crippen LogP contribution in [-0.4, -0.2) is 18.5 Å². The van der Waals surface area contributed by atoms with E-state index in [1.54, 1.807) is 0 Å². The van der Waals surface area contributed by atoms with Crippen LogP contribution in [0.1, 0.15) is 41.7 Å². The fourth-order valence-corrected chi connectivity index (χ4v) is 2.53. The molecular formula is C19H21ClN2O3. The van der Waals surface area contributed by atoms with Gasteiger partial charge in [-0.25, -0.2) is 4.79 Å². The Morgan fingerprint density at radius 1 is 1.20 bits per heavy atom. The summed E-state index contributed by atoms with van der Waals surface area (Å²) in [6.07, 6.45) is 1.72. The number of amides is 1. The molecule has 1 amide bonds. The van der Waals surface area contributed by atoms with E-state index in [9.17, 15) is 9.59 Å². The highest BCUT2D eigenvalue weighted by Gasteiger charge is 2.16. The van der Waals surface area contributed by atoms with Crippen LogP contribution in [0.25, 0.3) is 0 Å². The smallest absolute Gasteiger partial charge is 0.338 e. The monoisotopic (exact) mass is 360 g/mol. The number of ether oxygens (including phenoxy) is 1. The third-order valence-electron chi connectivity index (χ3n) is 3.68. The maximum Gasteiger partial charge on any atom is 0.338 e. The molecule has 0 heterocycles. The van der Waals surface area contributed by atoms with Crippen molar-refractivity contribution in [1.29, 1.82) is 0 Å². The van der Waals surface area contributed by atoms with Crippen LogP contribution >= 0.6 is 11.6 Å². The summed E-state index contributed by atoms with van der Waals surface area (Å²) in [5.41, 5.74) is 7.22. The largest absolute Gasteiger partial charge is 0.452 e. The van der Waals surface area contributed by atoms with Gasteiger partial charge in [0.15, 0.2) is 6.61 Å². The van der Waals surface area contributed by atoms with E-state index in [1.807, 2.05) is 37.3 Å². The van der Waals surface area contributed by atoms with E-state index in [4.69, 9.17) is 22.1 Å². The molecule has 2 rings (SSSR count). The number of esters is 1. The molecular weight excluding hydrogens is 340 g/mol. The number of nitrogens with one attached hydrogen (secondary N) is 1. The zero-order valence-corrected chi connectivity index (χ0v) is 14.8. The van der Waals surface area contributed by atoms with E-state index < -0.39 is 5.97 Å². The van der Waals surface area contributed by atoms with Crippen molar-refractivity contribution in [2.24, 2.45) is 0 Å². The Bertz CT molecular complexity index is 735. The van der Waals surface area contributed by atoms with Gasteiger partial charge in [0.1, 0.15) is 0 Å². The van der Waals surface area contributed by atoms with Crippen LogP contribution in [0.15, 0.2) is 48.5 Å². The van der Waals surface area contributed by atoms with Crippen LogP contribution in [0, 0.1) is 0 Å². The summed E-state index contributed by atoms with van der Waals surface area (Å²) in [6, 6.07) is 14.0. The summed E-state index contributed by atoms with van der Waals surface area (Å²) in [6.45, 7) is 1.70. The molecule has 132 valence electrons. The lowest BCUT2D eigenvalue weighted by atomic mass is 10.0. The number of rotatable bonds is 7. The first-order valence-electron chi connectivity index (χ1n) is 8.07. The van der Waals surface area contributed by atoms with Gasteiger partial charge in [0.25, 0.3) is 5.91 Å². The highest BCUT2D eigenvalue weighted by Crippen LogP contribution is 2.20. The molecule has 0 saturated carbocycles. The van der Waals surface area contributed by atoms with Crippen molar-refractivity contribution in [2.45, 2.75) is 25.8 Å². The molecule has 5 nitrogen and oxygen atoms in total. The first-order chi connectivity index (χ1) is 12.0. The quantitative estimate of drug-likeness (QED) is 0.582. The van der Waals surface area contributed by atoms with Crippen LogP contribution in [0.4, 0.5) is 5.69 Å². The predicted molar refractivity (Wildman–Crippen MR) is 98.4 cm³/mol. The van der Waals surface area contributed by atoms with Crippen LogP contribution in [0.3, 0.4) is 0 Å². The molecule has 0 aliphatic heterocycles. The highest BCUT2D eigenvalue weighted by molar-refractivity contribution is 6.33. The van der Waals surface area contributed by atoms with Crippen molar-refractivity contribution < 1.29 is 14.3 Å². The molecule has 3 N–H and O–H groups in total. The minimum atomic E-state index is -0.620. The number of nitrogens with two attached hydrogens (primary N) is 1. The summed E-state index contributed by atoms with van der Waals surface area (Å²) in [5, 5.41) is 3.26. The molecule has 2 aromatic rings. The molecule has 0 bridgehead atoms. The predicted octanol–water partition coefficient (Wildman–Crippen LogP) is 3.74. The van der Waals surface area contributed by atoms with Gasteiger partial charge in [0.2, 0.25) is 0 Å². The van der Waals surface area contributed by atoms with Gasteiger partial charge in [-0.15, -0.1) is 0 Å². The summed E-state index contributed by atoms with van der Waals surface area (Å²) in [4.78, 5) is 24.1. The summed E-state index contributed by atoms with van der Waals surface area (Å²) >= 11 is 5.82. The number of benzene rings is 2. The Morgan fingerprint density at radius 3 is 2.56 bits per heavy atom. The van der Waals surface area contributed by atoms with Gasteiger partial charge < -0.3 is 15.8 Å². The SMILES string of the molecule is CCCC(NC(=O)COC(=O)c1ccc(Cl)c(N)c1)c1ccccc1. The Kier molecular flexibility index (Phi) is 6.83. The molecule has 1 unspecified atom stereocenters. The zero-order valence-electron chi connectivity index (χ0n) is 14.0. The summed E-state index contributed by atoms with van der Waals surface area (Å²) in [5.74, 6) is -0.970. The molecule has 0 aliphatic rings. The fourth-order valence-electron chi connectivity index (χ4n) is 2.42. The van der Waals surface area contributed by atoms with Gasteiger partial charge in [-0.05, 0) is 30.2 Å². The van der Waals surface area contributed by atoms with Gasteiger partial charge in [-0.1, -0.05) is 55.3 Å². The molecule has 0 spiro atoms. The average Bonchev–Trinajstić information content (AvgIpc) is 2.62. The van der Waals surface area contributed by atoms with Crippen molar-refractivity contribution in [3.05, 3.63) is 64.7 Å². The van der Waals surface area contributed by atoms with Crippen molar-refractivity contribution in [3.63, 3.8) is 0 Å². The summed E-state index contributed by atoms with van der Waals surface area (Å²) < 4.78 is 5.05. The topological polar surface area (TPSA) is 81.4 Å². The van der Waals surface area contributed by atoms with Gasteiger partial charge in [-0.3, -0.25) is 4.79 Å². The maximum absolute atomic E-state index is 12.1. The number of hydrogen-bond acceptors (Lipinski definition) is 4. The lowest BCUT2D eigenvalue weighted by Gasteiger charge is -2.18. The number of halogens is 1. The van der Waals surface area contributed by atoms with Crippen molar-refractivity contribution in [2.75, 3.05) is 12.3 Å². The van der Waals surface area contributed by atoms with E-state index >= 15 is 0 Å². The van der Waals surface area contributed by atoms with Crippen LogP contribution in [0.5, 0.6) is 0 Å². The molecule has 6 heteroatoms. The number of hydrogen-bond donors (Lipinski definition) is 2. The Morgan fingerprint density at radius 2 is 1.92 bits per heavy atom. The van der Waals surface area contributed by atoms with E-state index in [2.05, 4.69) is 5.32 Å². The first kappa shape index (κ1) is 18.8. The lowest BCUT2D eigenvalue weighted by molar-refractivity contribution is -0.125. The second kappa shape index (κ2) is 9.08. The average molecular weight is 361 g/mol. The highest BCUT2D eigenvalue weighted by atomic mass is 35.5. The third-order valence-corrected chi connectivity index (χ3v) is 4.02. The van der Waals surface area contributed by atoms with Crippen molar-refractivity contribution in [1.82, 2.24) is 5.32 Å². The summed E-state index contributed by atoms with van der Waals surface area (Å²) in [7, 11) is 0. The van der Waals surface area contributed by atoms with Crippen LogP contribution in [-0.2, 0) is 9.53 Å². The molecule has 25 heavy (non-hydrogen) atoms. The standard InChI is InChI=1S/C19H21ClN2O3/c1-2-6-17(13-7-4-3-5-8-13)22-18(23)12-25-19(24)14-9-10-15(20)16(21)11-14/h3-5,7-11,17H,2,6,12,21H2,1H3,(H,22,23). The normalized spacial score (nSPS) is 11.6. The number of carbonyl (C=O) groups excluding carboxylic acids is 2. The Hall–Kier alpha value is -2.53. The van der Waals surface area contributed by atoms with E-state index in [0.717, 1.165) is 18.4 Å². The zero-order chi connectivity index (χ0) is 18.2. The minimum Gasteiger partial charge on any atom is -0.452 e. The first-order valence-corrected chi connectivity index (χ1v) is 8.45.